The molecule has 4 nitrogen and oxygen atoms in total. The minimum absolute atomic E-state index is 0.0105. The average molecular weight is 247 g/mol. The van der Waals surface area contributed by atoms with Gasteiger partial charge in [0.15, 0.2) is 0 Å². The van der Waals surface area contributed by atoms with Gasteiger partial charge in [0.2, 0.25) is 5.91 Å². The summed E-state index contributed by atoms with van der Waals surface area (Å²) < 4.78 is 0. The Morgan fingerprint density at radius 2 is 1.72 bits per heavy atom. The van der Waals surface area contributed by atoms with Crippen LogP contribution in [0.5, 0.6) is 0 Å². The molecule has 0 bridgehead atoms. The number of aliphatic carboxylic acids is 1. The van der Waals surface area contributed by atoms with Crippen molar-refractivity contribution in [3.8, 4) is 0 Å². The Bertz CT molecular complexity index is 460. The van der Waals surface area contributed by atoms with Crippen molar-refractivity contribution in [1.82, 2.24) is 0 Å². The van der Waals surface area contributed by atoms with Gasteiger partial charge in [-0.2, -0.15) is 0 Å². The first-order valence-electron chi connectivity index (χ1n) is 6.06. The number of rotatable bonds is 3. The fraction of sp³-hybridized carbons (Fsp3) is 0.429. The topological polar surface area (TPSA) is 57.6 Å². The molecule has 1 fully saturated rings. The Morgan fingerprint density at radius 3 is 2.22 bits per heavy atom. The molecule has 1 aromatic carbocycles. The lowest BCUT2D eigenvalue weighted by atomic mass is 9.74. The summed E-state index contributed by atoms with van der Waals surface area (Å²) >= 11 is 0. The number of nitrogens with zero attached hydrogens (tertiary/aromatic N) is 1. The van der Waals surface area contributed by atoms with Crippen molar-refractivity contribution >= 4 is 17.6 Å². The van der Waals surface area contributed by atoms with Gasteiger partial charge in [-0.1, -0.05) is 17.7 Å². The zero-order chi connectivity index (χ0) is 13.3. The number of carbonyl (C=O) groups excluding carboxylic acids is 1. The molecular weight excluding hydrogens is 230 g/mol. The van der Waals surface area contributed by atoms with Gasteiger partial charge in [-0.05, 0) is 31.9 Å². The highest BCUT2D eigenvalue weighted by Gasteiger charge is 2.40. The third-order valence-corrected chi connectivity index (χ3v) is 3.59. The van der Waals surface area contributed by atoms with Gasteiger partial charge in [-0.15, -0.1) is 0 Å². The molecule has 0 unspecified atom stereocenters. The van der Waals surface area contributed by atoms with Crippen molar-refractivity contribution in [1.29, 1.82) is 0 Å². The Kier molecular flexibility index (Phi) is 3.36. The van der Waals surface area contributed by atoms with Crippen LogP contribution in [0.1, 0.15) is 18.4 Å². The molecule has 2 rings (SSSR count). The highest BCUT2D eigenvalue weighted by atomic mass is 16.4. The van der Waals surface area contributed by atoms with Gasteiger partial charge in [0.1, 0.15) is 0 Å². The maximum Gasteiger partial charge on any atom is 0.306 e. The maximum absolute atomic E-state index is 12.1. The van der Waals surface area contributed by atoms with E-state index in [0.29, 0.717) is 12.8 Å². The zero-order valence-corrected chi connectivity index (χ0v) is 10.6. The molecule has 0 aliphatic heterocycles. The van der Waals surface area contributed by atoms with E-state index in [1.807, 2.05) is 31.2 Å². The van der Waals surface area contributed by atoms with Crippen LogP contribution in [0.3, 0.4) is 0 Å². The summed E-state index contributed by atoms with van der Waals surface area (Å²) in [6.07, 6.45) is 0.925. The van der Waals surface area contributed by atoms with E-state index in [9.17, 15) is 9.59 Å². The molecule has 0 atom stereocenters. The molecule has 0 spiro atoms. The van der Waals surface area contributed by atoms with Crippen LogP contribution in [-0.4, -0.2) is 24.0 Å². The van der Waals surface area contributed by atoms with E-state index in [1.54, 1.807) is 11.9 Å². The van der Waals surface area contributed by atoms with Crippen molar-refractivity contribution in [3.05, 3.63) is 29.8 Å². The van der Waals surface area contributed by atoms with E-state index in [2.05, 4.69) is 0 Å². The number of benzene rings is 1. The second-order valence-corrected chi connectivity index (χ2v) is 4.94. The van der Waals surface area contributed by atoms with Crippen molar-refractivity contribution in [2.45, 2.75) is 19.8 Å². The predicted octanol–water partition coefficient (Wildman–Crippen LogP) is 2.07. The summed E-state index contributed by atoms with van der Waals surface area (Å²) in [5.41, 5.74) is 2.00. The van der Waals surface area contributed by atoms with Crippen molar-refractivity contribution in [2.24, 2.45) is 11.8 Å². The van der Waals surface area contributed by atoms with Crippen LogP contribution >= 0.6 is 0 Å². The lowest BCUT2D eigenvalue weighted by Crippen LogP contribution is -2.42. The summed E-state index contributed by atoms with van der Waals surface area (Å²) in [6, 6.07) is 7.72. The number of amides is 1. The van der Waals surface area contributed by atoms with Crippen molar-refractivity contribution in [2.75, 3.05) is 11.9 Å². The lowest BCUT2D eigenvalue weighted by molar-refractivity contribution is -0.148. The van der Waals surface area contributed by atoms with E-state index in [-0.39, 0.29) is 17.7 Å². The Balaban J connectivity index is 1.98. The van der Waals surface area contributed by atoms with Gasteiger partial charge >= 0.3 is 5.97 Å². The summed E-state index contributed by atoms with van der Waals surface area (Å²) in [7, 11) is 1.74. The average Bonchev–Trinajstić information content (AvgIpc) is 2.26. The summed E-state index contributed by atoms with van der Waals surface area (Å²) in [6.45, 7) is 2.00. The van der Waals surface area contributed by atoms with Crippen LogP contribution in [0.2, 0.25) is 0 Å². The van der Waals surface area contributed by atoms with Crippen molar-refractivity contribution in [3.63, 3.8) is 0 Å². The van der Waals surface area contributed by atoms with E-state index in [0.717, 1.165) is 11.3 Å². The fourth-order valence-electron chi connectivity index (χ4n) is 2.19. The molecule has 1 amide bonds. The number of hydrogen-bond acceptors (Lipinski definition) is 2. The van der Waals surface area contributed by atoms with Gasteiger partial charge in [-0.3, -0.25) is 9.59 Å². The summed E-state index contributed by atoms with van der Waals surface area (Å²) in [4.78, 5) is 24.4. The highest BCUT2D eigenvalue weighted by molar-refractivity contribution is 5.96. The van der Waals surface area contributed by atoms with E-state index < -0.39 is 5.97 Å². The third kappa shape index (κ3) is 2.37. The number of carbonyl (C=O) groups is 2. The van der Waals surface area contributed by atoms with Gasteiger partial charge in [0, 0.05) is 18.7 Å². The van der Waals surface area contributed by atoms with Gasteiger partial charge in [0.05, 0.1) is 5.92 Å². The molecule has 1 N–H and O–H groups in total. The molecule has 1 aliphatic carbocycles. The van der Waals surface area contributed by atoms with Crippen LogP contribution in [0.25, 0.3) is 0 Å². The zero-order valence-electron chi connectivity index (χ0n) is 10.6. The maximum atomic E-state index is 12.1. The molecule has 4 heteroatoms. The van der Waals surface area contributed by atoms with Gasteiger partial charge < -0.3 is 10.0 Å². The largest absolute Gasteiger partial charge is 0.481 e. The number of carboxylic acid groups (broad SMARTS) is 1. The van der Waals surface area contributed by atoms with E-state index >= 15 is 0 Å². The molecular formula is C14H17NO3. The Hall–Kier alpha value is -1.84. The van der Waals surface area contributed by atoms with E-state index in [4.69, 9.17) is 5.11 Å². The standard InChI is InChI=1S/C14H17NO3/c1-9-3-5-12(6-4-9)15(2)13(16)10-7-11(8-10)14(17)18/h3-6,10-11H,7-8H2,1-2H3,(H,17,18). The normalized spacial score (nSPS) is 22.1. The minimum atomic E-state index is -0.794. The van der Waals surface area contributed by atoms with E-state index in [1.165, 1.54) is 0 Å². The fourth-order valence-corrected chi connectivity index (χ4v) is 2.19. The van der Waals surface area contributed by atoms with Crippen LogP contribution in [0, 0.1) is 18.8 Å². The van der Waals surface area contributed by atoms with Crippen LogP contribution in [-0.2, 0) is 9.59 Å². The van der Waals surface area contributed by atoms with Crippen LogP contribution in [0.15, 0.2) is 24.3 Å². The first-order valence-corrected chi connectivity index (χ1v) is 6.06. The second-order valence-electron chi connectivity index (χ2n) is 4.94. The molecule has 1 aliphatic rings. The third-order valence-electron chi connectivity index (χ3n) is 3.59. The van der Waals surface area contributed by atoms with Gasteiger partial charge in [0.25, 0.3) is 0 Å². The smallest absolute Gasteiger partial charge is 0.306 e. The lowest BCUT2D eigenvalue weighted by Gasteiger charge is -2.34. The molecule has 0 saturated heterocycles. The quantitative estimate of drug-likeness (QED) is 0.889. The molecule has 1 aromatic rings. The summed E-state index contributed by atoms with van der Waals surface area (Å²) in [5, 5.41) is 8.79. The molecule has 0 aromatic heterocycles. The van der Waals surface area contributed by atoms with Gasteiger partial charge in [-0.25, -0.2) is 0 Å². The first kappa shape index (κ1) is 12.6. The molecule has 18 heavy (non-hydrogen) atoms. The first-order chi connectivity index (χ1) is 8.49. The highest BCUT2D eigenvalue weighted by Crippen LogP contribution is 2.35. The second kappa shape index (κ2) is 4.80. The molecule has 0 radical (unpaired) electrons. The number of carboxylic acids is 1. The van der Waals surface area contributed by atoms with Crippen LogP contribution < -0.4 is 4.90 Å². The number of anilines is 1. The molecule has 96 valence electrons. The monoisotopic (exact) mass is 247 g/mol. The molecule has 1 saturated carbocycles. The van der Waals surface area contributed by atoms with Crippen molar-refractivity contribution < 1.29 is 14.7 Å². The Morgan fingerprint density at radius 1 is 1.17 bits per heavy atom. The summed E-state index contributed by atoms with van der Waals surface area (Å²) in [5.74, 6) is -1.27. The Labute approximate surface area is 106 Å². The number of aryl methyl sites for hydroxylation is 1. The number of hydrogen-bond donors (Lipinski definition) is 1. The molecule has 0 heterocycles. The minimum Gasteiger partial charge on any atom is -0.481 e. The van der Waals surface area contributed by atoms with Crippen LogP contribution in [0.4, 0.5) is 5.69 Å². The SMILES string of the molecule is Cc1ccc(N(C)C(=O)C2CC(C(=O)O)C2)cc1. The predicted molar refractivity (Wildman–Crippen MR) is 68.4 cm³/mol.